The van der Waals surface area contributed by atoms with Gasteiger partial charge in [-0.05, 0) is 28.1 Å². The number of hydrogen-bond acceptors (Lipinski definition) is 4. The highest BCUT2D eigenvalue weighted by atomic mass is 79.9. The SMILES string of the molecule is ClCc1nnc(-c2ccc(Br)s2)s1. The molecule has 0 radical (unpaired) electrons. The van der Waals surface area contributed by atoms with Crippen molar-refractivity contribution in [3.8, 4) is 9.88 Å². The molecule has 68 valence electrons. The van der Waals surface area contributed by atoms with E-state index in [4.69, 9.17) is 11.6 Å². The van der Waals surface area contributed by atoms with Crippen molar-refractivity contribution in [1.82, 2.24) is 10.2 Å². The Kier molecular flexibility index (Phi) is 2.98. The molecular formula is C7H4BrClN2S2. The maximum atomic E-state index is 5.63. The topological polar surface area (TPSA) is 25.8 Å². The van der Waals surface area contributed by atoms with Crippen molar-refractivity contribution >= 4 is 50.2 Å². The molecule has 0 bridgehead atoms. The van der Waals surface area contributed by atoms with E-state index in [1.54, 1.807) is 11.3 Å². The van der Waals surface area contributed by atoms with Crippen molar-refractivity contribution in [1.29, 1.82) is 0 Å². The Morgan fingerprint density at radius 1 is 1.31 bits per heavy atom. The highest BCUT2D eigenvalue weighted by Crippen LogP contribution is 2.33. The second-order valence-electron chi connectivity index (χ2n) is 2.24. The summed E-state index contributed by atoms with van der Waals surface area (Å²) in [6, 6.07) is 4.02. The van der Waals surface area contributed by atoms with Gasteiger partial charge in [-0.1, -0.05) is 11.3 Å². The van der Waals surface area contributed by atoms with Crippen LogP contribution < -0.4 is 0 Å². The molecule has 0 spiro atoms. The smallest absolute Gasteiger partial charge is 0.142 e. The zero-order valence-electron chi connectivity index (χ0n) is 6.33. The molecule has 13 heavy (non-hydrogen) atoms. The van der Waals surface area contributed by atoms with Crippen molar-refractivity contribution in [3.05, 3.63) is 20.9 Å². The molecule has 0 fully saturated rings. The van der Waals surface area contributed by atoms with Gasteiger partial charge in [-0.15, -0.1) is 33.1 Å². The molecule has 0 saturated heterocycles. The summed E-state index contributed by atoms with van der Waals surface area (Å²) in [7, 11) is 0. The first-order chi connectivity index (χ1) is 6.29. The number of halogens is 2. The minimum atomic E-state index is 0.435. The Morgan fingerprint density at radius 3 is 2.69 bits per heavy atom. The molecule has 2 aromatic heterocycles. The van der Waals surface area contributed by atoms with E-state index in [1.807, 2.05) is 12.1 Å². The zero-order chi connectivity index (χ0) is 9.26. The summed E-state index contributed by atoms with van der Waals surface area (Å²) in [5.41, 5.74) is 0. The molecule has 2 rings (SSSR count). The van der Waals surface area contributed by atoms with Gasteiger partial charge in [-0.25, -0.2) is 0 Å². The van der Waals surface area contributed by atoms with E-state index in [-0.39, 0.29) is 0 Å². The third kappa shape index (κ3) is 2.10. The van der Waals surface area contributed by atoms with Gasteiger partial charge >= 0.3 is 0 Å². The van der Waals surface area contributed by atoms with Gasteiger partial charge in [0.05, 0.1) is 14.5 Å². The Morgan fingerprint density at radius 2 is 2.15 bits per heavy atom. The summed E-state index contributed by atoms with van der Waals surface area (Å²) in [5, 5.41) is 9.79. The molecule has 2 nitrogen and oxygen atoms in total. The van der Waals surface area contributed by atoms with Gasteiger partial charge in [0.25, 0.3) is 0 Å². The maximum absolute atomic E-state index is 5.63. The fourth-order valence-corrected chi connectivity index (χ4v) is 3.18. The molecule has 2 heterocycles. The Balaban J connectivity index is 2.35. The lowest BCUT2D eigenvalue weighted by Gasteiger charge is -1.83. The summed E-state index contributed by atoms with van der Waals surface area (Å²) in [6.07, 6.45) is 0. The molecule has 0 aliphatic heterocycles. The predicted molar refractivity (Wildman–Crippen MR) is 60.5 cm³/mol. The minimum absolute atomic E-state index is 0.435. The van der Waals surface area contributed by atoms with E-state index in [2.05, 4.69) is 26.1 Å². The largest absolute Gasteiger partial charge is 0.157 e. The third-order valence-electron chi connectivity index (χ3n) is 1.37. The van der Waals surface area contributed by atoms with Gasteiger partial charge in [-0.2, -0.15) is 0 Å². The summed E-state index contributed by atoms with van der Waals surface area (Å²) in [6.45, 7) is 0. The first-order valence-electron chi connectivity index (χ1n) is 3.43. The third-order valence-corrected chi connectivity index (χ3v) is 4.49. The second kappa shape index (κ2) is 4.04. The average molecular weight is 296 g/mol. The minimum Gasteiger partial charge on any atom is -0.142 e. The van der Waals surface area contributed by atoms with E-state index in [0.29, 0.717) is 5.88 Å². The number of alkyl halides is 1. The number of aromatic nitrogens is 2. The predicted octanol–water partition coefficient (Wildman–Crippen LogP) is 3.77. The molecule has 0 N–H and O–H groups in total. The number of nitrogens with zero attached hydrogens (tertiary/aromatic N) is 2. The Labute approximate surface area is 96.7 Å². The van der Waals surface area contributed by atoms with Gasteiger partial charge in [0, 0.05) is 0 Å². The van der Waals surface area contributed by atoms with Gasteiger partial charge in [0.15, 0.2) is 5.01 Å². The van der Waals surface area contributed by atoms with Crippen LogP contribution in [-0.4, -0.2) is 10.2 Å². The number of hydrogen-bond donors (Lipinski definition) is 0. The van der Waals surface area contributed by atoms with Gasteiger partial charge in [-0.3, -0.25) is 0 Å². The standard InChI is InChI=1S/C7H4BrClN2S2/c8-5-2-1-4(12-5)7-11-10-6(3-9)13-7/h1-2H,3H2. The van der Waals surface area contributed by atoms with Crippen LogP contribution in [0, 0.1) is 0 Å². The highest BCUT2D eigenvalue weighted by molar-refractivity contribution is 9.11. The van der Waals surface area contributed by atoms with Gasteiger partial charge in [0.2, 0.25) is 0 Å². The lowest BCUT2D eigenvalue weighted by molar-refractivity contribution is 1.04. The van der Waals surface area contributed by atoms with E-state index >= 15 is 0 Å². The fourth-order valence-electron chi connectivity index (χ4n) is 0.836. The fraction of sp³-hybridized carbons (Fsp3) is 0.143. The molecule has 0 saturated carbocycles. The summed E-state index contributed by atoms with van der Waals surface area (Å²) in [4.78, 5) is 1.13. The first kappa shape index (κ1) is 9.58. The molecule has 0 aliphatic rings. The van der Waals surface area contributed by atoms with E-state index in [0.717, 1.165) is 18.7 Å². The summed E-state index contributed by atoms with van der Waals surface area (Å²) in [5.74, 6) is 0.435. The van der Waals surface area contributed by atoms with Crippen LogP contribution in [0.2, 0.25) is 0 Å². The molecule has 2 aromatic rings. The molecule has 6 heteroatoms. The van der Waals surface area contributed by atoms with Crippen LogP contribution >= 0.6 is 50.2 Å². The van der Waals surface area contributed by atoms with Crippen LogP contribution in [-0.2, 0) is 5.88 Å². The molecule has 0 aliphatic carbocycles. The molecule has 0 amide bonds. The second-order valence-corrected chi connectivity index (χ2v) is 6.03. The van der Waals surface area contributed by atoms with Gasteiger partial charge < -0.3 is 0 Å². The quantitative estimate of drug-likeness (QED) is 0.788. The summed E-state index contributed by atoms with van der Waals surface area (Å²) >= 11 is 12.2. The molecular weight excluding hydrogens is 292 g/mol. The van der Waals surface area contributed by atoms with E-state index in [1.165, 1.54) is 11.3 Å². The van der Waals surface area contributed by atoms with Gasteiger partial charge in [0.1, 0.15) is 5.01 Å². The molecule has 0 aromatic carbocycles. The Hall–Kier alpha value is 0.0300. The normalized spacial score (nSPS) is 10.6. The van der Waals surface area contributed by atoms with Crippen LogP contribution in [0.1, 0.15) is 5.01 Å². The molecule has 0 unspecified atom stereocenters. The van der Waals surface area contributed by atoms with E-state index < -0.39 is 0 Å². The van der Waals surface area contributed by atoms with E-state index in [9.17, 15) is 0 Å². The highest BCUT2D eigenvalue weighted by Gasteiger charge is 2.07. The molecule has 0 atom stereocenters. The van der Waals surface area contributed by atoms with Crippen molar-refractivity contribution in [2.45, 2.75) is 5.88 Å². The van der Waals surface area contributed by atoms with Crippen molar-refractivity contribution in [2.24, 2.45) is 0 Å². The van der Waals surface area contributed by atoms with Crippen molar-refractivity contribution in [2.75, 3.05) is 0 Å². The zero-order valence-corrected chi connectivity index (χ0v) is 10.3. The van der Waals surface area contributed by atoms with Crippen LogP contribution in [0.3, 0.4) is 0 Å². The lowest BCUT2D eigenvalue weighted by Crippen LogP contribution is -1.73. The maximum Gasteiger partial charge on any atom is 0.157 e. The van der Waals surface area contributed by atoms with Crippen molar-refractivity contribution in [3.63, 3.8) is 0 Å². The summed E-state index contributed by atoms with van der Waals surface area (Å²) < 4.78 is 1.10. The van der Waals surface area contributed by atoms with Crippen LogP contribution in [0.15, 0.2) is 15.9 Å². The number of thiophene rings is 1. The first-order valence-corrected chi connectivity index (χ1v) is 6.39. The van der Waals surface area contributed by atoms with Crippen LogP contribution in [0.5, 0.6) is 0 Å². The number of rotatable bonds is 2. The Bertz CT molecular complexity index is 412. The van der Waals surface area contributed by atoms with Crippen LogP contribution in [0.4, 0.5) is 0 Å². The lowest BCUT2D eigenvalue weighted by atomic mass is 10.5. The average Bonchev–Trinajstić information content (AvgIpc) is 2.71. The van der Waals surface area contributed by atoms with Crippen LogP contribution in [0.25, 0.3) is 9.88 Å². The monoisotopic (exact) mass is 294 g/mol. The van der Waals surface area contributed by atoms with Crippen molar-refractivity contribution < 1.29 is 0 Å².